The lowest BCUT2D eigenvalue weighted by molar-refractivity contribution is -0.120. The second kappa shape index (κ2) is 6.60. The number of hydrogen-bond donors (Lipinski definition) is 0. The van der Waals surface area contributed by atoms with E-state index >= 15 is 0 Å². The molecule has 5 heteroatoms. The number of carbonyl (C=O) groups excluding carboxylic acids is 2. The van der Waals surface area contributed by atoms with Gasteiger partial charge >= 0.3 is 0 Å². The molecular weight excluding hydrogens is 290 g/mol. The van der Waals surface area contributed by atoms with E-state index in [0.29, 0.717) is 11.3 Å². The van der Waals surface area contributed by atoms with Crippen molar-refractivity contribution < 1.29 is 9.59 Å². The lowest BCUT2D eigenvalue weighted by atomic mass is 9.95. The molecule has 0 bridgehead atoms. The van der Waals surface area contributed by atoms with Crippen LogP contribution in [-0.4, -0.2) is 11.6 Å². The normalized spacial score (nSPS) is 11.8. The summed E-state index contributed by atoms with van der Waals surface area (Å²) in [7, 11) is 0. The summed E-state index contributed by atoms with van der Waals surface area (Å²) in [5, 5.41) is 13.0. The van der Waals surface area contributed by atoms with Crippen molar-refractivity contribution in [1.29, 1.82) is 5.26 Å². The Labute approximate surface area is 125 Å². The van der Waals surface area contributed by atoms with Gasteiger partial charge in [-0.05, 0) is 47.9 Å². The Morgan fingerprint density at radius 2 is 2.15 bits per heavy atom. The van der Waals surface area contributed by atoms with Crippen LogP contribution in [0.1, 0.15) is 26.5 Å². The number of nitriles is 1. The highest BCUT2D eigenvalue weighted by Gasteiger charge is 2.27. The van der Waals surface area contributed by atoms with Gasteiger partial charge in [0.15, 0.2) is 17.5 Å². The van der Waals surface area contributed by atoms with E-state index in [1.165, 1.54) is 11.3 Å². The number of thiophene rings is 2. The first-order chi connectivity index (χ1) is 9.61. The van der Waals surface area contributed by atoms with E-state index in [4.69, 9.17) is 5.26 Å². The van der Waals surface area contributed by atoms with E-state index in [0.717, 1.165) is 10.4 Å². The Morgan fingerprint density at radius 1 is 1.35 bits per heavy atom. The number of hydrogen-bond acceptors (Lipinski definition) is 5. The van der Waals surface area contributed by atoms with Crippen LogP contribution >= 0.6 is 22.7 Å². The molecule has 2 aromatic rings. The molecule has 0 aliphatic rings. The number of Topliss-reactive ketones (excluding diaryl/α,β-unsaturated/α-hetero) is 2. The van der Waals surface area contributed by atoms with Crippen molar-refractivity contribution in [2.45, 2.75) is 19.8 Å². The maximum absolute atomic E-state index is 12.2. The fourth-order valence-electron chi connectivity index (χ4n) is 1.83. The zero-order valence-electron chi connectivity index (χ0n) is 11.0. The summed E-state index contributed by atoms with van der Waals surface area (Å²) in [6, 6.07) is 7.30. The molecule has 0 N–H and O–H groups in total. The SMILES string of the molecule is Cc1ccc(C(=O)[C@H](C#N)C(=O)CCc2ccsc2)s1. The molecule has 102 valence electrons. The van der Waals surface area contributed by atoms with Gasteiger partial charge in [0.05, 0.1) is 10.9 Å². The standard InChI is InChI=1S/C15H13NO2S2/c1-10-2-5-14(20-10)15(18)12(8-16)13(17)4-3-11-6-7-19-9-11/h2,5-7,9,12H,3-4H2,1H3/t12-/m1/s1. The molecule has 2 aromatic heterocycles. The molecule has 0 aromatic carbocycles. The van der Waals surface area contributed by atoms with E-state index in [-0.39, 0.29) is 18.0 Å². The third-order valence-electron chi connectivity index (χ3n) is 2.94. The lowest BCUT2D eigenvalue weighted by Gasteiger charge is -2.05. The molecule has 3 nitrogen and oxygen atoms in total. The third kappa shape index (κ3) is 3.41. The van der Waals surface area contributed by atoms with Crippen molar-refractivity contribution >= 4 is 34.2 Å². The zero-order chi connectivity index (χ0) is 14.5. The first kappa shape index (κ1) is 14.6. The van der Waals surface area contributed by atoms with Crippen LogP contribution in [0.2, 0.25) is 0 Å². The monoisotopic (exact) mass is 303 g/mol. The molecule has 2 heterocycles. The van der Waals surface area contributed by atoms with Crippen LogP contribution in [0.5, 0.6) is 0 Å². The highest BCUT2D eigenvalue weighted by Crippen LogP contribution is 2.20. The fraction of sp³-hybridized carbons (Fsp3) is 0.267. The molecule has 0 spiro atoms. The molecule has 0 fully saturated rings. The minimum atomic E-state index is -1.17. The summed E-state index contributed by atoms with van der Waals surface area (Å²) in [6.07, 6.45) is 0.808. The van der Waals surface area contributed by atoms with Crippen molar-refractivity contribution in [3.63, 3.8) is 0 Å². The molecule has 2 rings (SSSR count). The fourth-order valence-corrected chi connectivity index (χ4v) is 3.37. The summed E-state index contributed by atoms with van der Waals surface area (Å²) < 4.78 is 0. The van der Waals surface area contributed by atoms with E-state index in [2.05, 4.69) is 0 Å². The molecule has 0 saturated heterocycles. The predicted molar refractivity (Wildman–Crippen MR) is 80.1 cm³/mol. The zero-order valence-corrected chi connectivity index (χ0v) is 12.6. The Bertz CT molecular complexity index is 650. The van der Waals surface area contributed by atoms with Crippen molar-refractivity contribution in [2.75, 3.05) is 0 Å². The maximum atomic E-state index is 12.2. The summed E-state index contributed by atoms with van der Waals surface area (Å²) in [5.74, 6) is -1.85. The Morgan fingerprint density at radius 3 is 2.70 bits per heavy atom. The van der Waals surface area contributed by atoms with Crippen LogP contribution < -0.4 is 0 Å². The summed E-state index contributed by atoms with van der Waals surface area (Å²) in [6.45, 7) is 1.89. The first-order valence-electron chi connectivity index (χ1n) is 6.16. The molecule has 1 atom stereocenters. The number of rotatable bonds is 6. The van der Waals surface area contributed by atoms with Gasteiger partial charge < -0.3 is 0 Å². The second-order valence-corrected chi connectivity index (χ2v) is 6.50. The Balaban J connectivity index is 2.02. The summed E-state index contributed by atoms with van der Waals surface area (Å²) in [4.78, 5) is 25.7. The minimum Gasteiger partial charge on any atom is -0.298 e. The Hall–Kier alpha value is -1.77. The topological polar surface area (TPSA) is 57.9 Å². The predicted octanol–water partition coefficient (Wildman–Crippen LogP) is 3.64. The van der Waals surface area contributed by atoms with Gasteiger partial charge in [0, 0.05) is 11.3 Å². The molecule has 0 aliphatic heterocycles. The van der Waals surface area contributed by atoms with Gasteiger partial charge in [-0.2, -0.15) is 16.6 Å². The average molecular weight is 303 g/mol. The van der Waals surface area contributed by atoms with Crippen LogP contribution in [0.25, 0.3) is 0 Å². The molecule has 20 heavy (non-hydrogen) atoms. The van der Waals surface area contributed by atoms with E-state index in [9.17, 15) is 9.59 Å². The maximum Gasteiger partial charge on any atom is 0.197 e. The van der Waals surface area contributed by atoms with Crippen LogP contribution in [0.3, 0.4) is 0 Å². The number of nitrogens with zero attached hydrogens (tertiary/aromatic N) is 1. The quantitative estimate of drug-likeness (QED) is 0.604. The van der Waals surface area contributed by atoms with Crippen molar-refractivity contribution in [2.24, 2.45) is 5.92 Å². The molecule has 0 aliphatic carbocycles. The van der Waals surface area contributed by atoms with Gasteiger partial charge in [-0.1, -0.05) is 0 Å². The van der Waals surface area contributed by atoms with E-state index < -0.39 is 5.92 Å². The second-order valence-electron chi connectivity index (χ2n) is 4.43. The average Bonchev–Trinajstić information content (AvgIpc) is 3.08. The molecule has 0 saturated carbocycles. The van der Waals surface area contributed by atoms with Gasteiger partial charge in [0.2, 0.25) is 0 Å². The van der Waals surface area contributed by atoms with Gasteiger partial charge in [0.1, 0.15) is 0 Å². The smallest absolute Gasteiger partial charge is 0.197 e. The van der Waals surface area contributed by atoms with Crippen molar-refractivity contribution in [1.82, 2.24) is 0 Å². The third-order valence-corrected chi connectivity index (χ3v) is 4.68. The van der Waals surface area contributed by atoms with Gasteiger partial charge in [-0.15, -0.1) is 11.3 Å². The van der Waals surface area contributed by atoms with Gasteiger partial charge in [-0.25, -0.2) is 0 Å². The lowest BCUT2D eigenvalue weighted by Crippen LogP contribution is -2.22. The molecule has 0 unspecified atom stereocenters. The van der Waals surface area contributed by atoms with Crippen LogP contribution in [0.15, 0.2) is 29.0 Å². The number of carbonyl (C=O) groups is 2. The van der Waals surface area contributed by atoms with Crippen LogP contribution in [-0.2, 0) is 11.2 Å². The number of aryl methyl sites for hydroxylation is 2. The molecular formula is C15H13NO2S2. The summed E-state index contributed by atoms with van der Waals surface area (Å²) >= 11 is 2.89. The van der Waals surface area contributed by atoms with Crippen molar-refractivity contribution in [3.8, 4) is 6.07 Å². The molecule has 0 radical (unpaired) electrons. The summed E-state index contributed by atoms with van der Waals surface area (Å²) in [5.41, 5.74) is 1.07. The Kier molecular flexibility index (Phi) is 4.83. The van der Waals surface area contributed by atoms with Gasteiger partial charge in [-0.3, -0.25) is 9.59 Å². The van der Waals surface area contributed by atoms with E-state index in [1.807, 2.05) is 35.9 Å². The van der Waals surface area contributed by atoms with Crippen molar-refractivity contribution in [3.05, 3.63) is 44.3 Å². The largest absolute Gasteiger partial charge is 0.298 e. The van der Waals surface area contributed by atoms with Crippen LogP contribution in [0.4, 0.5) is 0 Å². The first-order valence-corrected chi connectivity index (χ1v) is 7.92. The number of ketones is 2. The van der Waals surface area contributed by atoms with Crippen LogP contribution in [0, 0.1) is 24.2 Å². The minimum absolute atomic E-state index is 0.227. The molecule has 0 amide bonds. The highest BCUT2D eigenvalue weighted by atomic mass is 32.1. The highest BCUT2D eigenvalue weighted by molar-refractivity contribution is 7.14. The van der Waals surface area contributed by atoms with Gasteiger partial charge in [0.25, 0.3) is 0 Å². The van der Waals surface area contributed by atoms with E-state index in [1.54, 1.807) is 17.4 Å².